The Morgan fingerprint density at radius 3 is 2.52 bits per heavy atom. The fourth-order valence-electron chi connectivity index (χ4n) is 3.18. The standard InChI is InChI=1S/C21H25ClN6O/c1-5-27(6-2)21-24-13-18(22)19(25-21)20(29)23-12-17-14(3)26-28(15(17)4)16-10-8-7-9-11-16/h7-11,13H,5-6,12H2,1-4H3,(H,23,29). The van der Waals surface area contributed by atoms with Gasteiger partial charge in [0.25, 0.3) is 5.91 Å². The number of hydrogen-bond acceptors (Lipinski definition) is 5. The molecular formula is C21H25ClN6O. The molecule has 0 aliphatic heterocycles. The van der Waals surface area contributed by atoms with Crippen molar-refractivity contribution in [2.45, 2.75) is 34.2 Å². The van der Waals surface area contributed by atoms with Crippen molar-refractivity contribution < 1.29 is 4.79 Å². The van der Waals surface area contributed by atoms with Crippen molar-refractivity contribution in [1.82, 2.24) is 25.1 Å². The van der Waals surface area contributed by atoms with Gasteiger partial charge in [-0.3, -0.25) is 4.79 Å². The Kier molecular flexibility index (Phi) is 6.49. The first kappa shape index (κ1) is 20.8. The molecule has 0 radical (unpaired) electrons. The molecule has 3 rings (SSSR count). The molecule has 0 saturated heterocycles. The number of carbonyl (C=O) groups excluding carboxylic acids is 1. The van der Waals surface area contributed by atoms with Crippen LogP contribution < -0.4 is 10.2 Å². The van der Waals surface area contributed by atoms with E-state index >= 15 is 0 Å². The monoisotopic (exact) mass is 412 g/mol. The summed E-state index contributed by atoms with van der Waals surface area (Å²) in [5, 5.41) is 7.76. The molecular weight excluding hydrogens is 388 g/mol. The molecule has 2 heterocycles. The van der Waals surface area contributed by atoms with E-state index in [1.807, 2.05) is 67.6 Å². The van der Waals surface area contributed by atoms with Gasteiger partial charge in [-0.25, -0.2) is 14.6 Å². The minimum absolute atomic E-state index is 0.175. The van der Waals surface area contributed by atoms with Crippen LogP contribution in [0.15, 0.2) is 36.5 Å². The van der Waals surface area contributed by atoms with E-state index in [-0.39, 0.29) is 16.6 Å². The highest BCUT2D eigenvalue weighted by Gasteiger charge is 2.18. The number of aryl methyl sites for hydroxylation is 1. The summed E-state index contributed by atoms with van der Waals surface area (Å²) in [5.74, 6) is 0.158. The van der Waals surface area contributed by atoms with Crippen LogP contribution >= 0.6 is 11.6 Å². The molecule has 0 fully saturated rings. The van der Waals surface area contributed by atoms with Crippen molar-refractivity contribution in [3.63, 3.8) is 0 Å². The Hall–Kier alpha value is -2.93. The topological polar surface area (TPSA) is 75.9 Å². The fraction of sp³-hybridized carbons (Fsp3) is 0.333. The van der Waals surface area contributed by atoms with E-state index in [9.17, 15) is 4.79 Å². The van der Waals surface area contributed by atoms with E-state index in [1.165, 1.54) is 6.20 Å². The smallest absolute Gasteiger partial charge is 0.271 e. The Bertz CT molecular complexity index is 998. The maximum absolute atomic E-state index is 12.8. The van der Waals surface area contributed by atoms with Crippen molar-refractivity contribution in [3.8, 4) is 5.69 Å². The predicted octanol–water partition coefficient (Wildman–Crippen LogP) is 3.71. The van der Waals surface area contributed by atoms with Gasteiger partial charge >= 0.3 is 0 Å². The molecule has 152 valence electrons. The average molecular weight is 413 g/mol. The lowest BCUT2D eigenvalue weighted by Gasteiger charge is -2.19. The number of halogens is 1. The molecule has 3 aromatic rings. The first-order valence-electron chi connectivity index (χ1n) is 9.62. The molecule has 0 bridgehead atoms. The molecule has 2 aromatic heterocycles. The number of aromatic nitrogens is 4. The van der Waals surface area contributed by atoms with Gasteiger partial charge in [0.1, 0.15) is 0 Å². The van der Waals surface area contributed by atoms with E-state index in [4.69, 9.17) is 11.6 Å². The van der Waals surface area contributed by atoms with Crippen molar-refractivity contribution in [2.24, 2.45) is 0 Å². The lowest BCUT2D eigenvalue weighted by molar-refractivity contribution is 0.0946. The molecule has 1 N–H and O–H groups in total. The molecule has 0 spiro atoms. The SMILES string of the molecule is CCN(CC)c1ncc(Cl)c(C(=O)NCc2c(C)nn(-c3ccccc3)c2C)n1. The third-order valence-corrected chi connectivity index (χ3v) is 5.14. The molecule has 0 aliphatic rings. The summed E-state index contributed by atoms with van der Waals surface area (Å²) in [6.45, 7) is 9.78. The van der Waals surface area contributed by atoms with Crippen LogP contribution in [-0.4, -0.2) is 38.7 Å². The van der Waals surface area contributed by atoms with E-state index in [0.717, 1.165) is 35.7 Å². The Balaban J connectivity index is 1.80. The lowest BCUT2D eigenvalue weighted by Crippen LogP contribution is -2.28. The molecule has 1 aromatic carbocycles. The number of nitrogens with one attached hydrogen (secondary N) is 1. The summed E-state index contributed by atoms with van der Waals surface area (Å²) in [6.07, 6.45) is 1.47. The number of nitrogens with zero attached hydrogens (tertiary/aromatic N) is 5. The van der Waals surface area contributed by atoms with Gasteiger partial charge in [0, 0.05) is 30.9 Å². The summed E-state index contributed by atoms with van der Waals surface area (Å²) in [6, 6.07) is 9.90. The number of anilines is 1. The molecule has 7 nitrogen and oxygen atoms in total. The van der Waals surface area contributed by atoms with E-state index < -0.39 is 0 Å². The number of carbonyl (C=O) groups is 1. The van der Waals surface area contributed by atoms with Gasteiger partial charge in [0.2, 0.25) is 5.95 Å². The Morgan fingerprint density at radius 1 is 1.17 bits per heavy atom. The number of amides is 1. The van der Waals surface area contributed by atoms with Gasteiger partial charge in [0.15, 0.2) is 5.69 Å². The summed E-state index contributed by atoms with van der Waals surface area (Å²) >= 11 is 6.19. The highest BCUT2D eigenvalue weighted by molar-refractivity contribution is 6.33. The van der Waals surface area contributed by atoms with Crippen molar-refractivity contribution in [2.75, 3.05) is 18.0 Å². The van der Waals surface area contributed by atoms with Crippen molar-refractivity contribution >= 4 is 23.5 Å². The van der Waals surface area contributed by atoms with Crippen LogP contribution in [0.5, 0.6) is 0 Å². The highest BCUT2D eigenvalue weighted by Crippen LogP contribution is 2.19. The second-order valence-electron chi connectivity index (χ2n) is 6.62. The third kappa shape index (κ3) is 4.40. The summed E-state index contributed by atoms with van der Waals surface area (Å²) in [4.78, 5) is 23.3. The molecule has 1 amide bonds. The minimum Gasteiger partial charge on any atom is -0.346 e. The summed E-state index contributed by atoms with van der Waals surface area (Å²) in [7, 11) is 0. The molecule has 0 atom stereocenters. The van der Waals surface area contributed by atoms with E-state index in [0.29, 0.717) is 12.5 Å². The van der Waals surface area contributed by atoms with Crippen LogP contribution in [0.4, 0.5) is 5.95 Å². The van der Waals surface area contributed by atoms with E-state index in [2.05, 4.69) is 20.4 Å². The van der Waals surface area contributed by atoms with Gasteiger partial charge in [-0.15, -0.1) is 0 Å². The first-order chi connectivity index (χ1) is 14.0. The van der Waals surface area contributed by atoms with Gasteiger partial charge in [-0.2, -0.15) is 5.10 Å². The average Bonchev–Trinajstić information content (AvgIpc) is 3.02. The lowest BCUT2D eigenvalue weighted by atomic mass is 10.2. The molecule has 29 heavy (non-hydrogen) atoms. The number of benzene rings is 1. The minimum atomic E-state index is -0.336. The van der Waals surface area contributed by atoms with E-state index in [1.54, 1.807) is 0 Å². The highest BCUT2D eigenvalue weighted by atomic mass is 35.5. The van der Waals surface area contributed by atoms with Gasteiger partial charge in [0.05, 0.1) is 22.6 Å². The van der Waals surface area contributed by atoms with Gasteiger partial charge in [-0.1, -0.05) is 29.8 Å². The number of para-hydroxylation sites is 1. The van der Waals surface area contributed by atoms with Crippen LogP contribution in [0.25, 0.3) is 5.69 Å². The van der Waals surface area contributed by atoms with Crippen LogP contribution in [0.1, 0.15) is 41.3 Å². The maximum atomic E-state index is 12.8. The van der Waals surface area contributed by atoms with Crippen LogP contribution in [0, 0.1) is 13.8 Å². The van der Waals surface area contributed by atoms with Crippen molar-refractivity contribution in [1.29, 1.82) is 0 Å². The zero-order valence-electron chi connectivity index (χ0n) is 17.1. The number of rotatable bonds is 7. The summed E-state index contributed by atoms with van der Waals surface area (Å²) in [5.41, 5.74) is 3.97. The second kappa shape index (κ2) is 9.05. The van der Waals surface area contributed by atoms with Crippen LogP contribution in [-0.2, 0) is 6.54 Å². The van der Waals surface area contributed by atoms with Crippen LogP contribution in [0.3, 0.4) is 0 Å². The number of hydrogen-bond donors (Lipinski definition) is 1. The molecule has 0 saturated carbocycles. The van der Waals surface area contributed by atoms with Gasteiger partial charge in [-0.05, 0) is 39.8 Å². The largest absolute Gasteiger partial charge is 0.346 e. The zero-order chi connectivity index (χ0) is 21.0. The summed E-state index contributed by atoms with van der Waals surface area (Å²) < 4.78 is 1.88. The molecule has 8 heteroatoms. The molecule has 0 unspecified atom stereocenters. The van der Waals surface area contributed by atoms with Crippen molar-refractivity contribution in [3.05, 3.63) is 64.2 Å². The third-order valence-electron chi connectivity index (χ3n) is 4.86. The normalized spacial score (nSPS) is 10.8. The predicted molar refractivity (Wildman–Crippen MR) is 115 cm³/mol. The fourth-order valence-corrected chi connectivity index (χ4v) is 3.36. The quantitative estimate of drug-likeness (QED) is 0.640. The first-order valence-corrected chi connectivity index (χ1v) is 10.00. The Labute approximate surface area is 175 Å². The Morgan fingerprint density at radius 2 is 1.86 bits per heavy atom. The van der Waals surface area contributed by atoms with Gasteiger partial charge < -0.3 is 10.2 Å². The maximum Gasteiger partial charge on any atom is 0.271 e. The second-order valence-corrected chi connectivity index (χ2v) is 7.03. The molecule has 0 aliphatic carbocycles. The van der Waals surface area contributed by atoms with Crippen LogP contribution in [0.2, 0.25) is 5.02 Å². The zero-order valence-corrected chi connectivity index (χ0v) is 17.9.